The Balaban J connectivity index is 1.53. The number of hydrazine groups is 1. The summed E-state index contributed by atoms with van der Waals surface area (Å²) in [5.74, 6) is -0.743. The number of furan rings is 1. The van der Waals surface area contributed by atoms with E-state index in [1.807, 2.05) is 66.3 Å². The third kappa shape index (κ3) is 3.08. The SMILES string of the molecule is Cc1c(C(=O)NNC(=O)c2ccccc2-n2cccc2)oc2ccccc12. The van der Waals surface area contributed by atoms with E-state index in [9.17, 15) is 9.59 Å². The van der Waals surface area contributed by atoms with Gasteiger partial charge in [-0.1, -0.05) is 30.3 Å². The number of rotatable bonds is 3. The summed E-state index contributed by atoms with van der Waals surface area (Å²) in [6, 6.07) is 18.3. The Bertz CT molecular complexity index is 1130. The van der Waals surface area contributed by atoms with Crippen molar-refractivity contribution in [1.82, 2.24) is 15.4 Å². The maximum absolute atomic E-state index is 12.6. The first-order chi connectivity index (χ1) is 13.1. The quantitative estimate of drug-likeness (QED) is 0.549. The lowest BCUT2D eigenvalue weighted by Crippen LogP contribution is -2.42. The highest BCUT2D eigenvalue weighted by molar-refractivity contribution is 6.02. The predicted octanol–water partition coefficient (Wildman–Crippen LogP) is 3.61. The molecule has 0 aliphatic heterocycles. The summed E-state index contributed by atoms with van der Waals surface area (Å²) in [6.45, 7) is 1.81. The molecule has 0 bridgehead atoms. The maximum Gasteiger partial charge on any atom is 0.305 e. The molecule has 0 spiro atoms. The second-order valence-corrected chi connectivity index (χ2v) is 6.07. The number of carbonyl (C=O) groups is 2. The lowest BCUT2D eigenvalue weighted by molar-refractivity contribution is 0.0831. The van der Waals surface area contributed by atoms with Crippen LogP contribution < -0.4 is 10.9 Å². The average molecular weight is 359 g/mol. The van der Waals surface area contributed by atoms with Gasteiger partial charge in [-0.05, 0) is 37.3 Å². The number of aryl methyl sites for hydroxylation is 1. The van der Waals surface area contributed by atoms with Crippen LogP contribution in [0.15, 0.2) is 77.5 Å². The second-order valence-electron chi connectivity index (χ2n) is 6.07. The molecular weight excluding hydrogens is 342 g/mol. The summed E-state index contributed by atoms with van der Waals surface area (Å²) < 4.78 is 7.45. The number of benzene rings is 2. The molecule has 2 heterocycles. The molecule has 4 rings (SSSR count). The number of amides is 2. The molecule has 2 amide bonds. The van der Waals surface area contributed by atoms with Gasteiger partial charge < -0.3 is 8.98 Å². The minimum absolute atomic E-state index is 0.176. The number of carbonyl (C=O) groups excluding carboxylic acids is 2. The standard InChI is InChI=1S/C21H17N3O3/c1-14-15-8-3-5-11-18(15)27-19(14)21(26)23-22-20(25)16-9-2-4-10-17(16)24-12-6-7-13-24/h2-13H,1H3,(H,22,25)(H,23,26). The molecule has 134 valence electrons. The van der Waals surface area contributed by atoms with Crippen molar-refractivity contribution in [3.05, 3.63) is 89.9 Å². The topological polar surface area (TPSA) is 76.3 Å². The fourth-order valence-electron chi connectivity index (χ4n) is 3.01. The zero-order valence-electron chi connectivity index (χ0n) is 14.6. The number of hydrogen-bond acceptors (Lipinski definition) is 3. The van der Waals surface area contributed by atoms with Crippen LogP contribution in [-0.2, 0) is 0 Å². The van der Waals surface area contributed by atoms with Crippen molar-refractivity contribution in [3.63, 3.8) is 0 Å². The molecule has 0 aliphatic rings. The molecule has 2 N–H and O–H groups in total. The van der Waals surface area contributed by atoms with Crippen LogP contribution in [0.25, 0.3) is 16.7 Å². The second kappa shape index (κ2) is 6.84. The first-order valence-electron chi connectivity index (χ1n) is 8.46. The summed E-state index contributed by atoms with van der Waals surface area (Å²) in [6.07, 6.45) is 3.70. The summed E-state index contributed by atoms with van der Waals surface area (Å²) >= 11 is 0. The number of hydrogen-bond donors (Lipinski definition) is 2. The number of para-hydroxylation sites is 2. The molecule has 6 nitrogen and oxygen atoms in total. The molecule has 6 heteroatoms. The largest absolute Gasteiger partial charge is 0.451 e. The number of nitrogens with one attached hydrogen (secondary N) is 2. The molecule has 0 aliphatic carbocycles. The van der Waals surface area contributed by atoms with E-state index in [0.717, 1.165) is 10.9 Å². The van der Waals surface area contributed by atoms with Crippen LogP contribution in [0.2, 0.25) is 0 Å². The van der Waals surface area contributed by atoms with E-state index in [2.05, 4.69) is 10.9 Å². The monoisotopic (exact) mass is 359 g/mol. The van der Waals surface area contributed by atoms with Crippen LogP contribution in [0.3, 0.4) is 0 Å². The Morgan fingerprint density at radius 1 is 0.852 bits per heavy atom. The molecular formula is C21H17N3O3. The van der Waals surface area contributed by atoms with E-state index in [4.69, 9.17) is 4.42 Å². The third-order valence-electron chi connectivity index (χ3n) is 4.37. The van der Waals surface area contributed by atoms with Crippen molar-refractivity contribution in [2.24, 2.45) is 0 Å². The van der Waals surface area contributed by atoms with Gasteiger partial charge in [0.25, 0.3) is 5.91 Å². The Hall–Kier alpha value is -3.80. The smallest absolute Gasteiger partial charge is 0.305 e. The van der Waals surface area contributed by atoms with Crippen molar-refractivity contribution in [2.75, 3.05) is 0 Å². The lowest BCUT2D eigenvalue weighted by atomic mass is 10.1. The van der Waals surface area contributed by atoms with Gasteiger partial charge in [-0.25, -0.2) is 0 Å². The highest BCUT2D eigenvalue weighted by Crippen LogP contribution is 2.24. The number of aromatic nitrogens is 1. The fourth-order valence-corrected chi connectivity index (χ4v) is 3.01. The van der Waals surface area contributed by atoms with Gasteiger partial charge in [-0.2, -0.15) is 0 Å². The van der Waals surface area contributed by atoms with E-state index in [1.165, 1.54) is 0 Å². The van der Waals surface area contributed by atoms with E-state index in [-0.39, 0.29) is 5.76 Å². The van der Waals surface area contributed by atoms with E-state index in [1.54, 1.807) is 18.2 Å². The predicted molar refractivity (Wildman–Crippen MR) is 102 cm³/mol. The van der Waals surface area contributed by atoms with E-state index in [0.29, 0.717) is 16.8 Å². The molecule has 0 atom stereocenters. The summed E-state index contributed by atoms with van der Waals surface area (Å²) in [5, 5.41) is 0.868. The van der Waals surface area contributed by atoms with Crippen LogP contribution in [-0.4, -0.2) is 16.4 Å². The molecule has 0 radical (unpaired) electrons. The Labute approximate surface area is 155 Å². The normalized spacial score (nSPS) is 10.7. The van der Waals surface area contributed by atoms with Gasteiger partial charge >= 0.3 is 5.91 Å². The Morgan fingerprint density at radius 3 is 2.30 bits per heavy atom. The molecule has 0 unspecified atom stereocenters. The summed E-state index contributed by atoms with van der Waals surface area (Å²) in [5.41, 5.74) is 7.40. The van der Waals surface area contributed by atoms with Gasteiger partial charge in [0.1, 0.15) is 5.58 Å². The zero-order chi connectivity index (χ0) is 18.8. The summed E-state index contributed by atoms with van der Waals surface area (Å²) in [7, 11) is 0. The average Bonchev–Trinajstić information content (AvgIpc) is 3.35. The van der Waals surface area contributed by atoms with Gasteiger partial charge in [0, 0.05) is 23.3 Å². The first-order valence-corrected chi connectivity index (χ1v) is 8.46. The van der Waals surface area contributed by atoms with Gasteiger partial charge in [0.2, 0.25) is 0 Å². The first kappa shape index (κ1) is 16.7. The molecule has 2 aromatic carbocycles. The number of fused-ring (bicyclic) bond motifs is 1. The zero-order valence-corrected chi connectivity index (χ0v) is 14.6. The van der Waals surface area contributed by atoms with Crippen LogP contribution in [0.1, 0.15) is 26.5 Å². The minimum atomic E-state index is -0.504. The van der Waals surface area contributed by atoms with Crippen LogP contribution in [0, 0.1) is 6.92 Å². The number of nitrogens with zero attached hydrogens (tertiary/aromatic N) is 1. The van der Waals surface area contributed by atoms with Crippen molar-refractivity contribution < 1.29 is 14.0 Å². The van der Waals surface area contributed by atoms with Gasteiger partial charge in [0.15, 0.2) is 5.76 Å². The lowest BCUT2D eigenvalue weighted by Gasteiger charge is -2.11. The summed E-state index contributed by atoms with van der Waals surface area (Å²) in [4.78, 5) is 25.0. The van der Waals surface area contributed by atoms with Crippen molar-refractivity contribution >= 4 is 22.8 Å². The molecule has 0 fully saturated rings. The highest BCUT2D eigenvalue weighted by Gasteiger charge is 2.19. The van der Waals surface area contributed by atoms with Crippen molar-refractivity contribution in [3.8, 4) is 5.69 Å². The van der Waals surface area contributed by atoms with Gasteiger partial charge in [-0.3, -0.25) is 20.4 Å². The fraction of sp³-hybridized carbons (Fsp3) is 0.0476. The highest BCUT2D eigenvalue weighted by atomic mass is 16.3. The van der Waals surface area contributed by atoms with Crippen LogP contribution in [0.5, 0.6) is 0 Å². The molecule has 27 heavy (non-hydrogen) atoms. The van der Waals surface area contributed by atoms with Crippen molar-refractivity contribution in [2.45, 2.75) is 6.92 Å². The van der Waals surface area contributed by atoms with Gasteiger partial charge in [0.05, 0.1) is 11.3 Å². The molecule has 4 aromatic rings. The van der Waals surface area contributed by atoms with Crippen LogP contribution in [0.4, 0.5) is 0 Å². The van der Waals surface area contributed by atoms with Crippen molar-refractivity contribution in [1.29, 1.82) is 0 Å². The Morgan fingerprint density at radius 2 is 1.52 bits per heavy atom. The van der Waals surface area contributed by atoms with Gasteiger partial charge in [-0.15, -0.1) is 0 Å². The maximum atomic E-state index is 12.6. The molecule has 0 saturated carbocycles. The Kier molecular flexibility index (Phi) is 4.22. The third-order valence-corrected chi connectivity index (χ3v) is 4.37. The minimum Gasteiger partial charge on any atom is -0.451 e. The van der Waals surface area contributed by atoms with E-state index >= 15 is 0 Å². The molecule has 2 aromatic heterocycles. The van der Waals surface area contributed by atoms with Crippen LogP contribution >= 0.6 is 0 Å². The molecule has 0 saturated heterocycles. The van der Waals surface area contributed by atoms with E-state index < -0.39 is 11.8 Å².